The highest BCUT2D eigenvalue weighted by Gasteiger charge is 2.19. The van der Waals surface area contributed by atoms with E-state index in [0.29, 0.717) is 17.9 Å². The number of anilines is 1. The van der Waals surface area contributed by atoms with E-state index in [9.17, 15) is 9.59 Å². The molecule has 0 fully saturated rings. The maximum absolute atomic E-state index is 12.2. The number of fused-ring (bicyclic) bond motifs is 3. The van der Waals surface area contributed by atoms with Crippen LogP contribution in [0.15, 0.2) is 36.9 Å². The quantitative estimate of drug-likeness (QED) is 0.421. The third-order valence-electron chi connectivity index (χ3n) is 5.32. The smallest absolute Gasteiger partial charge is 0.413 e. The SMILES string of the molecule is CCC(=O)c1cc(C)c(-c2cc3cnc(NC(=O)OC(C)(C)C)cc3c3c2ncn3C)cn1. The van der Waals surface area contributed by atoms with Gasteiger partial charge in [0.2, 0.25) is 0 Å². The lowest BCUT2D eigenvalue weighted by Gasteiger charge is -2.19. The number of hydrogen-bond acceptors (Lipinski definition) is 6. The van der Waals surface area contributed by atoms with Crippen LogP contribution in [0.1, 0.15) is 50.2 Å². The number of nitrogens with zero attached hydrogens (tertiary/aromatic N) is 4. The van der Waals surface area contributed by atoms with Crippen molar-refractivity contribution in [2.75, 3.05) is 5.32 Å². The number of rotatable bonds is 4. The molecule has 4 aromatic rings. The topological polar surface area (TPSA) is 99.0 Å². The number of ketones is 1. The summed E-state index contributed by atoms with van der Waals surface area (Å²) in [6, 6.07) is 5.66. The maximum atomic E-state index is 12.2. The number of pyridine rings is 2. The van der Waals surface area contributed by atoms with Gasteiger partial charge in [0.25, 0.3) is 0 Å². The van der Waals surface area contributed by atoms with Crippen molar-refractivity contribution in [1.82, 2.24) is 19.5 Å². The summed E-state index contributed by atoms with van der Waals surface area (Å²) in [6.45, 7) is 9.22. The van der Waals surface area contributed by atoms with Gasteiger partial charge in [-0.15, -0.1) is 0 Å². The number of nitrogens with one attached hydrogen (secondary N) is 1. The zero-order chi connectivity index (χ0) is 23.9. The minimum Gasteiger partial charge on any atom is -0.444 e. The van der Waals surface area contributed by atoms with Gasteiger partial charge in [-0.3, -0.25) is 15.1 Å². The number of amides is 1. The molecule has 170 valence electrons. The number of imidazole rings is 1. The van der Waals surface area contributed by atoms with E-state index in [4.69, 9.17) is 4.74 Å². The summed E-state index contributed by atoms with van der Waals surface area (Å²) < 4.78 is 7.28. The summed E-state index contributed by atoms with van der Waals surface area (Å²) >= 11 is 0. The van der Waals surface area contributed by atoms with E-state index in [1.807, 2.05) is 64.4 Å². The van der Waals surface area contributed by atoms with E-state index in [1.54, 1.807) is 18.7 Å². The van der Waals surface area contributed by atoms with E-state index in [2.05, 4.69) is 20.3 Å². The van der Waals surface area contributed by atoms with Gasteiger partial charge in [0.1, 0.15) is 17.1 Å². The van der Waals surface area contributed by atoms with Crippen molar-refractivity contribution >= 4 is 39.5 Å². The second-order valence-electron chi connectivity index (χ2n) is 9.06. The van der Waals surface area contributed by atoms with Gasteiger partial charge < -0.3 is 9.30 Å². The fourth-order valence-corrected chi connectivity index (χ4v) is 3.81. The van der Waals surface area contributed by atoms with Crippen LogP contribution in [-0.2, 0) is 11.8 Å². The molecule has 0 bridgehead atoms. The molecule has 0 aliphatic rings. The molecule has 1 amide bonds. The average molecular weight is 446 g/mol. The Labute approximate surface area is 192 Å². The van der Waals surface area contributed by atoms with Gasteiger partial charge in [-0.05, 0) is 51.5 Å². The Morgan fingerprint density at radius 3 is 2.48 bits per heavy atom. The second-order valence-corrected chi connectivity index (χ2v) is 9.06. The van der Waals surface area contributed by atoms with Gasteiger partial charge in [0.15, 0.2) is 5.78 Å². The first-order valence-corrected chi connectivity index (χ1v) is 10.8. The number of ether oxygens (including phenoxy) is 1. The highest BCUT2D eigenvalue weighted by Crippen LogP contribution is 2.36. The number of benzene rings is 1. The highest BCUT2D eigenvalue weighted by molar-refractivity contribution is 6.11. The molecule has 0 spiro atoms. The average Bonchev–Trinajstić information content (AvgIpc) is 3.13. The summed E-state index contributed by atoms with van der Waals surface area (Å²) in [6.07, 6.45) is 5.06. The van der Waals surface area contributed by atoms with E-state index in [-0.39, 0.29) is 5.78 Å². The molecule has 0 radical (unpaired) electrons. The van der Waals surface area contributed by atoms with Gasteiger partial charge in [0, 0.05) is 47.8 Å². The first-order valence-electron chi connectivity index (χ1n) is 10.8. The molecular weight excluding hydrogens is 418 g/mol. The Kier molecular flexibility index (Phi) is 5.61. The number of hydrogen-bond donors (Lipinski definition) is 1. The number of carbonyl (C=O) groups is 2. The molecule has 1 N–H and O–H groups in total. The molecule has 8 heteroatoms. The standard InChI is InChI=1S/C25H27N5O3/c1-7-20(31)19-8-14(2)18(12-26-19)17-9-15-11-27-21(29-24(32)33-25(3,4)5)10-16(15)23-22(17)28-13-30(23)6/h8-13H,7H2,1-6H3,(H,27,29,32). The fourth-order valence-electron chi connectivity index (χ4n) is 3.81. The van der Waals surface area contributed by atoms with Crippen molar-refractivity contribution < 1.29 is 14.3 Å². The van der Waals surface area contributed by atoms with Crippen molar-refractivity contribution in [3.63, 3.8) is 0 Å². The molecule has 0 saturated heterocycles. The first-order chi connectivity index (χ1) is 15.6. The summed E-state index contributed by atoms with van der Waals surface area (Å²) in [5.41, 5.74) is 4.34. The van der Waals surface area contributed by atoms with Crippen molar-refractivity contribution in [3.8, 4) is 11.1 Å². The van der Waals surface area contributed by atoms with Crippen LogP contribution in [0.5, 0.6) is 0 Å². The summed E-state index contributed by atoms with van der Waals surface area (Å²) in [5, 5.41) is 4.49. The Morgan fingerprint density at radius 2 is 1.82 bits per heavy atom. The lowest BCUT2D eigenvalue weighted by atomic mass is 9.97. The van der Waals surface area contributed by atoms with Gasteiger partial charge in [-0.25, -0.2) is 14.8 Å². The predicted octanol–water partition coefficient (Wildman–Crippen LogP) is 5.43. The molecule has 0 unspecified atom stereocenters. The van der Waals surface area contributed by atoms with Crippen molar-refractivity contribution in [1.29, 1.82) is 0 Å². The predicted molar refractivity (Wildman–Crippen MR) is 128 cm³/mol. The molecule has 8 nitrogen and oxygen atoms in total. The summed E-state index contributed by atoms with van der Waals surface area (Å²) in [5.74, 6) is 0.410. The van der Waals surface area contributed by atoms with Crippen LogP contribution in [0.4, 0.5) is 10.6 Å². The van der Waals surface area contributed by atoms with Crippen LogP contribution < -0.4 is 5.32 Å². The van der Waals surface area contributed by atoms with Crippen LogP contribution in [0.3, 0.4) is 0 Å². The minimum atomic E-state index is -0.603. The minimum absolute atomic E-state index is 0.0142. The Hall–Kier alpha value is -3.81. The molecule has 0 aliphatic heterocycles. The second kappa shape index (κ2) is 8.27. The molecule has 33 heavy (non-hydrogen) atoms. The molecule has 4 rings (SSSR count). The summed E-state index contributed by atoms with van der Waals surface area (Å²) in [4.78, 5) is 37.7. The monoisotopic (exact) mass is 445 g/mol. The Balaban J connectivity index is 1.83. The Bertz CT molecular complexity index is 1400. The summed E-state index contributed by atoms with van der Waals surface area (Å²) in [7, 11) is 1.92. The van der Waals surface area contributed by atoms with Crippen LogP contribution in [0, 0.1) is 6.92 Å². The molecule has 3 heterocycles. The van der Waals surface area contributed by atoms with Crippen molar-refractivity contribution in [2.24, 2.45) is 7.05 Å². The molecule has 3 aromatic heterocycles. The third-order valence-corrected chi connectivity index (χ3v) is 5.32. The number of aryl methyl sites for hydroxylation is 2. The Morgan fingerprint density at radius 1 is 1.06 bits per heavy atom. The van der Waals surface area contributed by atoms with Gasteiger partial charge in [0.05, 0.1) is 17.4 Å². The largest absolute Gasteiger partial charge is 0.444 e. The fraction of sp³-hybridized carbons (Fsp3) is 0.320. The van der Waals surface area contributed by atoms with Crippen LogP contribution in [0.25, 0.3) is 32.9 Å². The lowest BCUT2D eigenvalue weighted by Crippen LogP contribution is -2.27. The van der Waals surface area contributed by atoms with Crippen LogP contribution in [0.2, 0.25) is 0 Å². The van der Waals surface area contributed by atoms with Crippen molar-refractivity contribution in [2.45, 2.75) is 46.6 Å². The number of carbonyl (C=O) groups excluding carboxylic acids is 2. The van der Waals surface area contributed by atoms with E-state index >= 15 is 0 Å². The highest BCUT2D eigenvalue weighted by atomic mass is 16.6. The zero-order valence-corrected chi connectivity index (χ0v) is 19.7. The molecule has 0 aliphatic carbocycles. The molecule has 0 saturated carbocycles. The molecule has 1 aromatic carbocycles. The van der Waals surface area contributed by atoms with Gasteiger partial charge in [-0.1, -0.05) is 6.92 Å². The number of aromatic nitrogens is 4. The van der Waals surface area contributed by atoms with E-state index in [1.165, 1.54) is 0 Å². The lowest BCUT2D eigenvalue weighted by molar-refractivity contribution is 0.0635. The first kappa shape index (κ1) is 22.4. The van der Waals surface area contributed by atoms with Crippen molar-refractivity contribution in [3.05, 3.63) is 48.2 Å². The van der Waals surface area contributed by atoms with Crippen LogP contribution >= 0.6 is 0 Å². The maximum Gasteiger partial charge on any atom is 0.413 e. The van der Waals surface area contributed by atoms with Crippen LogP contribution in [-0.4, -0.2) is 37.0 Å². The third kappa shape index (κ3) is 4.41. The van der Waals surface area contributed by atoms with E-state index < -0.39 is 11.7 Å². The zero-order valence-electron chi connectivity index (χ0n) is 19.7. The normalized spacial score (nSPS) is 11.7. The van der Waals surface area contributed by atoms with E-state index in [0.717, 1.165) is 38.5 Å². The van der Waals surface area contributed by atoms with Gasteiger partial charge in [-0.2, -0.15) is 0 Å². The molecule has 0 atom stereocenters. The molecular formula is C25H27N5O3. The number of Topliss-reactive ketones (excluding diaryl/α,β-unsaturated/α-hetero) is 1. The van der Waals surface area contributed by atoms with Gasteiger partial charge >= 0.3 is 6.09 Å².